The molecule has 96 valence electrons. The Labute approximate surface area is 111 Å². The predicted octanol–water partition coefficient (Wildman–Crippen LogP) is 2.34. The zero-order chi connectivity index (χ0) is 13.3. The van der Waals surface area contributed by atoms with Gasteiger partial charge >= 0.3 is 0 Å². The molecular weight excluding hydrogens is 240 g/mol. The monoisotopic (exact) mass is 254 g/mol. The number of hydrogen-bond acceptors (Lipinski definition) is 5. The number of nitriles is 1. The average molecular weight is 254 g/mol. The number of nitrogens with two attached hydrogens (primary N) is 1. The Morgan fingerprint density at radius 1 is 1.32 bits per heavy atom. The Balaban J connectivity index is 1.95. The van der Waals surface area contributed by atoms with Crippen molar-refractivity contribution in [2.24, 2.45) is 5.73 Å². The van der Waals surface area contributed by atoms with E-state index >= 15 is 0 Å². The van der Waals surface area contributed by atoms with Gasteiger partial charge in [0.1, 0.15) is 0 Å². The lowest BCUT2D eigenvalue weighted by atomic mass is 9.98. The number of rotatable bonds is 2. The Kier molecular flexibility index (Phi) is 2.80. The largest absolute Gasteiger partial charge is 0.334 e. The first kappa shape index (κ1) is 11.9. The molecule has 1 heterocycles. The van der Waals surface area contributed by atoms with Crippen molar-refractivity contribution in [2.75, 3.05) is 0 Å². The van der Waals surface area contributed by atoms with Gasteiger partial charge in [-0.05, 0) is 31.0 Å². The first-order valence-electron chi connectivity index (χ1n) is 6.35. The second kappa shape index (κ2) is 4.48. The molecule has 1 fully saturated rings. The van der Waals surface area contributed by atoms with E-state index in [4.69, 9.17) is 15.5 Å². The molecule has 5 nitrogen and oxygen atoms in total. The van der Waals surface area contributed by atoms with Gasteiger partial charge in [0.15, 0.2) is 5.82 Å². The molecule has 1 aliphatic carbocycles. The molecule has 2 aromatic rings. The zero-order valence-corrected chi connectivity index (χ0v) is 10.5. The SMILES string of the molecule is N#Cc1cccc(-c2nc(C3(N)CCCC3)no2)c1. The van der Waals surface area contributed by atoms with E-state index in [-0.39, 0.29) is 0 Å². The molecule has 0 unspecified atom stereocenters. The summed E-state index contributed by atoms with van der Waals surface area (Å²) in [6, 6.07) is 9.20. The Morgan fingerprint density at radius 2 is 2.11 bits per heavy atom. The fourth-order valence-corrected chi connectivity index (χ4v) is 2.49. The highest BCUT2D eigenvalue weighted by atomic mass is 16.5. The van der Waals surface area contributed by atoms with Crippen molar-refractivity contribution in [1.82, 2.24) is 10.1 Å². The summed E-state index contributed by atoms with van der Waals surface area (Å²) in [4.78, 5) is 4.40. The number of aromatic nitrogens is 2. The van der Waals surface area contributed by atoms with Gasteiger partial charge in [0.2, 0.25) is 0 Å². The number of hydrogen-bond donors (Lipinski definition) is 1. The summed E-state index contributed by atoms with van der Waals surface area (Å²) >= 11 is 0. The van der Waals surface area contributed by atoms with E-state index < -0.39 is 5.54 Å². The minimum atomic E-state index is -0.450. The van der Waals surface area contributed by atoms with Crippen LogP contribution in [0.25, 0.3) is 11.5 Å². The second-order valence-corrected chi connectivity index (χ2v) is 4.98. The lowest BCUT2D eigenvalue weighted by Crippen LogP contribution is -2.34. The van der Waals surface area contributed by atoms with E-state index in [0.717, 1.165) is 31.2 Å². The van der Waals surface area contributed by atoms with Crippen LogP contribution in [0.2, 0.25) is 0 Å². The van der Waals surface area contributed by atoms with Crippen LogP contribution in [0.4, 0.5) is 0 Å². The predicted molar refractivity (Wildman–Crippen MR) is 68.8 cm³/mol. The highest BCUT2D eigenvalue weighted by Crippen LogP contribution is 2.35. The van der Waals surface area contributed by atoms with Crippen LogP contribution < -0.4 is 5.73 Å². The van der Waals surface area contributed by atoms with E-state index in [0.29, 0.717) is 17.3 Å². The maximum Gasteiger partial charge on any atom is 0.258 e. The summed E-state index contributed by atoms with van der Waals surface area (Å²) in [5, 5.41) is 12.9. The van der Waals surface area contributed by atoms with Crippen molar-refractivity contribution in [3.8, 4) is 17.5 Å². The third-order valence-electron chi connectivity index (χ3n) is 3.61. The molecule has 0 spiro atoms. The minimum absolute atomic E-state index is 0.420. The van der Waals surface area contributed by atoms with Crippen LogP contribution in [0.1, 0.15) is 37.1 Å². The Hall–Kier alpha value is -2.19. The molecule has 0 bridgehead atoms. The van der Waals surface area contributed by atoms with Gasteiger partial charge in [0.25, 0.3) is 5.89 Å². The van der Waals surface area contributed by atoms with Gasteiger partial charge in [-0.15, -0.1) is 0 Å². The van der Waals surface area contributed by atoms with E-state index in [1.807, 2.05) is 6.07 Å². The Morgan fingerprint density at radius 3 is 2.84 bits per heavy atom. The fourth-order valence-electron chi connectivity index (χ4n) is 2.49. The van der Waals surface area contributed by atoms with E-state index in [9.17, 15) is 0 Å². The van der Waals surface area contributed by atoms with Gasteiger partial charge in [0.05, 0.1) is 17.2 Å². The molecule has 1 aromatic heterocycles. The standard InChI is InChI=1S/C14H14N4O/c15-9-10-4-3-5-11(8-10)12-17-13(18-19-12)14(16)6-1-2-7-14/h3-5,8H,1-2,6-7,16H2. The molecule has 3 rings (SSSR count). The minimum Gasteiger partial charge on any atom is -0.334 e. The molecule has 0 atom stereocenters. The first-order chi connectivity index (χ1) is 9.21. The maximum atomic E-state index is 8.89. The number of benzene rings is 1. The van der Waals surface area contributed by atoms with Gasteiger partial charge in [0, 0.05) is 5.56 Å². The molecule has 5 heteroatoms. The van der Waals surface area contributed by atoms with Crippen molar-refractivity contribution in [3.63, 3.8) is 0 Å². The summed E-state index contributed by atoms with van der Waals surface area (Å²) in [6.45, 7) is 0. The number of nitrogens with zero attached hydrogens (tertiary/aromatic N) is 3. The second-order valence-electron chi connectivity index (χ2n) is 4.98. The third-order valence-corrected chi connectivity index (χ3v) is 3.61. The molecule has 2 N–H and O–H groups in total. The topological polar surface area (TPSA) is 88.7 Å². The highest BCUT2D eigenvalue weighted by molar-refractivity contribution is 5.56. The molecular formula is C14H14N4O. The summed E-state index contributed by atoms with van der Waals surface area (Å²) in [6.07, 6.45) is 3.99. The van der Waals surface area contributed by atoms with Crippen molar-refractivity contribution < 1.29 is 4.52 Å². The molecule has 0 aliphatic heterocycles. The van der Waals surface area contributed by atoms with Crippen LogP contribution in [0.15, 0.2) is 28.8 Å². The van der Waals surface area contributed by atoms with Crippen LogP contribution >= 0.6 is 0 Å². The van der Waals surface area contributed by atoms with Gasteiger partial charge in [-0.1, -0.05) is 24.1 Å². The van der Waals surface area contributed by atoms with Gasteiger partial charge in [-0.3, -0.25) is 0 Å². The summed E-state index contributed by atoms with van der Waals surface area (Å²) in [7, 11) is 0. The van der Waals surface area contributed by atoms with Crippen LogP contribution in [-0.4, -0.2) is 10.1 Å². The summed E-state index contributed by atoms with van der Waals surface area (Å²) in [5.74, 6) is 0.992. The fraction of sp³-hybridized carbons (Fsp3) is 0.357. The first-order valence-corrected chi connectivity index (χ1v) is 6.35. The maximum absolute atomic E-state index is 8.89. The summed E-state index contributed by atoms with van der Waals surface area (Å²) < 4.78 is 5.28. The van der Waals surface area contributed by atoms with E-state index in [1.165, 1.54) is 0 Å². The smallest absolute Gasteiger partial charge is 0.258 e. The third kappa shape index (κ3) is 2.11. The van der Waals surface area contributed by atoms with Gasteiger partial charge in [-0.2, -0.15) is 10.2 Å². The van der Waals surface area contributed by atoms with Crippen LogP contribution in [0.3, 0.4) is 0 Å². The highest BCUT2D eigenvalue weighted by Gasteiger charge is 2.36. The molecule has 0 saturated heterocycles. The van der Waals surface area contributed by atoms with E-state index in [2.05, 4.69) is 16.2 Å². The van der Waals surface area contributed by atoms with Crippen molar-refractivity contribution in [2.45, 2.75) is 31.2 Å². The molecule has 1 aromatic carbocycles. The van der Waals surface area contributed by atoms with Crippen molar-refractivity contribution in [3.05, 3.63) is 35.7 Å². The normalized spacial score (nSPS) is 17.3. The van der Waals surface area contributed by atoms with Crippen LogP contribution in [0, 0.1) is 11.3 Å². The lowest BCUT2D eigenvalue weighted by Gasteiger charge is -2.17. The van der Waals surface area contributed by atoms with Gasteiger partial charge < -0.3 is 10.3 Å². The molecule has 0 radical (unpaired) electrons. The summed E-state index contributed by atoms with van der Waals surface area (Å²) in [5.41, 5.74) is 7.16. The van der Waals surface area contributed by atoms with Crippen LogP contribution in [0.5, 0.6) is 0 Å². The quantitative estimate of drug-likeness (QED) is 0.888. The zero-order valence-electron chi connectivity index (χ0n) is 10.5. The molecule has 1 saturated carbocycles. The average Bonchev–Trinajstić information content (AvgIpc) is 3.08. The Bertz CT molecular complexity index is 635. The van der Waals surface area contributed by atoms with Gasteiger partial charge in [-0.25, -0.2) is 0 Å². The van der Waals surface area contributed by atoms with Crippen molar-refractivity contribution >= 4 is 0 Å². The molecule has 0 amide bonds. The lowest BCUT2D eigenvalue weighted by molar-refractivity contribution is 0.372. The van der Waals surface area contributed by atoms with E-state index in [1.54, 1.807) is 18.2 Å². The van der Waals surface area contributed by atoms with Crippen molar-refractivity contribution in [1.29, 1.82) is 5.26 Å². The molecule has 19 heavy (non-hydrogen) atoms. The van der Waals surface area contributed by atoms with Crippen LogP contribution in [-0.2, 0) is 5.54 Å². The molecule has 1 aliphatic rings.